The Morgan fingerprint density at radius 3 is 2.77 bits per heavy atom. The SMILES string of the molecule is CC1CCc2sc(NC(=O)c3ccccc3F)c(C(N)=O)c21. The molecule has 1 heterocycles. The summed E-state index contributed by atoms with van der Waals surface area (Å²) in [5.41, 5.74) is 6.73. The van der Waals surface area contributed by atoms with E-state index < -0.39 is 17.6 Å². The molecule has 0 aliphatic heterocycles. The van der Waals surface area contributed by atoms with Crippen molar-refractivity contribution in [2.45, 2.75) is 25.7 Å². The zero-order valence-corrected chi connectivity index (χ0v) is 12.8. The van der Waals surface area contributed by atoms with E-state index in [9.17, 15) is 14.0 Å². The topological polar surface area (TPSA) is 72.2 Å². The van der Waals surface area contributed by atoms with Crippen LogP contribution in [-0.4, -0.2) is 11.8 Å². The van der Waals surface area contributed by atoms with E-state index in [0.29, 0.717) is 10.6 Å². The van der Waals surface area contributed by atoms with Crippen LogP contribution in [0.2, 0.25) is 0 Å². The molecule has 6 heteroatoms. The highest BCUT2D eigenvalue weighted by atomic mass is 32.1. The standard InChI is InChI=1S/C16H15FN2O2S/c1-8-6-7-11-12(8)13(14(18)20)16(22-11)19-15(21)9-4-2-3-5-10(9)17/h2-5,8H,6-7H2,1H3,(H2,18,20)(H,19,21). The molecule has 0 radical (unpaired) electrons. The number of aryl methyl sites for hydroxylation is 1. The van der Waals surface area contributed by atoms with E-state index in [1.807, 2.05) is 6.92 Å². The van der Waals surface area contributed by atoms with E-state index in [1.165, 1.54) is 29.5 Å². The van der Waals surface area contributed by atoms with Gasteiger partial charge in [0.15, 0.2) is 0 Å². The molecule has 22 heavy (non-hydrogen) atoms. The molecule has 2 amide bonds. The normalized spacial score (nSPS) is 16.4. The predicted octanol–water partition coefficient (Wildman–Crippen LogP) is 3.29. The number of hydrogen-bond donors (Lipinski definition) is 2. The zero-order chi connectivity index (χ0) is 15.9. The third kappa shape index (κ3) is 2.39. The number of rotatable bonds is 3. The minimum Gasteiger partial charge on any atom is -0.365 e. The molecule has 1 unspecified atom stereocenters. The number of nitrogens with one attached hydrogen (secondary N) is 1. The van der Waals surface area contributed by atoms with E-state index in [2.05, 4.69) is 5.32 Å². The van der Waals surface area contributed by atoms with Gasteiger partial charge in [0.1, 0.15) is 10.8 Å². The van der Waals surface area contributed by atoms with E-state index in [-0.39, 0.29) is 11.5 Å². The van der Waals surface area contributed by atoms with Crippen LogP contribution in [0.15, 0.2) is 24.3 Å². The summed E-state index contributed by atoms with van der Waals surface area (Å²) >= 11 is 1.35. The van der Waals surface area contributed by atoms with Crippen LogP contribution in [0.5, 0.6) is 0 Å². The van der Waals surface area contributed by atoms with Gasteiger partial charge in [-0.1, -0.05) is 19.1 Å². The number of carbonyl (C=O) groups is 2. The molecule has 1 atom stereocenters. The Morgan fingerprint density at radius 2 is 2.09 bits per heavy atom. The molecule has 114 valence electrons. The van der Waals surface area contributed by atoms with Gasteiger partial charge in [0.2, 0.25) is 0 Å². The number of nitrogens with two attached hydrogens (primary N) is 1. The smallest absolute Gasteiger partial charge is 0.259 e. The Kier molecular flexibility index (Phi) is 3.70. The second-order valence-corrected chi connectivity index (χ2v) is 6.49. The van der Waals surface area contributed by atoms with Gasteiger partial charge < -0.3 is 11.1 Å². The Bertz CT molecular complexity index is 770. The van der Waals surface area contributed by atoms with Crippen molar-refractivity contribution in [3.8, 4) is 0 Å². The first-order chi connectivity index (χ1) is 10.5. The van der Waals surface area contributed by atoms with Crippen LogP contribution in [0, 0.1) is 5.82 Å². The summed E-state index contributed by atoms with van der Waals surface area (Å²) in [6, 6.07) is 5.73. The van der Waals surface area contributed by atoms with Crippen molar-refractivity contribution in [2.75, 3.05) is 5.32 Å². The van der Waals surface area contributed by atoms with Gasteiger partial charge in [-0.05, 0) is 36.5 Å². The van der Waals surface area contributed by atoms with Crippen LogP contribution < -0.4 is 11.1 Å². The summed E-state index contributed by atoms with van der Waals surface area (Å²) in [7, 11) is 0. The molecule has 0 saturated heterocycles. The maximum Gasteiger partial charge on any atom is 0.259 e. The molecule has 1 aliphatic rings. The maximum absolute atomic E-state index is 13.7. The summed E-state index contributed by atoms with van der Waals surface area (Å²) in [5.74, 6) is -1.49. The summed E-state index contributed by atoms with van der Waals surface area (Å²) in [6.45, 7) is 2.04. The van der Waals surface area contributed by atoms with Crippen LogP contribution in [0.25, 0.3) is 0 Å². The molecular formula is C16H15FN2O2S. The molecule has 1 aromatic heterocycles. The number of carbonyl (C=O) groups excluding carboxylic acids is 2. The number of benzene rings is 1. The molecule has 4 nitrogen and oxygen atoms in total. The molecule has 1 aromatic carbocycles. The first kappa shape index (κ1) is 14.7. The van der Waals surface area contributed by atoms with Gasteiger partial charge in [0, 0.05) is 4.88 Å². The fourth-order valence-electron chi connectivity index (χ4n) is 2.84. The number of primary amides is 1. The van der Waals surface area contributed by atoms with Crippen molar-refractivity contribution >= 4 is 28.2 Å². The summed E-state index contributed by atoms with van der Waals surface area (Å²) < 4.78 is 13.7. The highest BCUT2D eigenvalue weighted by Gasteiger charge is 2.30. The molecule has 3 rings (SSSR count). The third-order valence-corrected chi connectivity index (χ3v) is 5.09. The minimum absolute atomic E-state index is 0.0560. The first-order valence-corrected chi connectivity index (χ1v) is 7.82. The number of halogens is 1. The zero-order valence-electron chi connectivity index (χ0n) is 12.0. The fourth-order valence-corrected chi connectivity index (χ4v) is 4.17. The second kappa shape index (κ2) is 5.53. The molecule has 0 fully saturated rings. The number of amides is 2. The lowest BCUT2D eigenvalue weighted by atomic mass is 10.0. The van der Waals surface area contributed by atoms with Crippen molar-refractivity contribution in [3.63, 3.8) is 0 Å². The fraction of sp³-hybridized carbons (Fsp3) is 0.250. The number of fused-ring (bicyclic) bond motifs is 1. The summed E-state index contributed by atoms with van der Waals surface area (Å²) in [5, 5.41) is 3.05. The number of hydrogen-bond acceptors (Lipinski definition) is 3. The van der Waals surface area contributed by atoms with Crippen LogP contribution >= 0.6 is 11.3 Å². The Morgan fingerprint density at radius 1 is 1.36 bits per heavy atom. The Hall–Kier alpha value is -2.21. The van der Waals surface area contributed by atoms with Crippen LogP contribution in [0.1, 0.15) is 50.4 Å². The van der Waals surface area contributed by atoms with Crippen molar-refractivity contribution in [1.29, 1.82) is 0 Å². The quantitative estimate of drug-likeness (QED) is 0.911. The summed E-state index contributed by atoms with van der Waals surface area (Å²) in [4.78, 5) is 25.1. The van der Waals surface area contributed by atoms with E-state index in [4.69, 9.17) is 5.73 Å². The number of thiophene rings is 1. The van der Waals surface area contributed by atoms with Crippen molar-refractivity contribution in [3.05, 3.63) is 51.7 Å². The average molecular weight is 318 g/mol. The molecule has 0 saturated carbocycles. The van der Waals surface area contributed by atoms with Crippen LogP contribution in [-0.2, 0) is 6.42 Å². The van der Waals surface area contributed by atoms with Gasteiger partial charge in [-0.25, -0.2) is 4.39 Å². The highest BCUT2D eigenvalue weighted by Crippen LogP contribution is 2.44. The minimum atomic E-state index is -0.599. The van der Waals surface area contributed by atoms with Gasteiger partial charge >= 0.3 is 0 Å². The average Bonchev–Trinajstić information content (AvgIpc) is 2.99. The number of anilines is 1. The van der Waals surface area contributed by atoms with Gasteiger partial charge in [-0.15, -0.1) is 11.3 Å². The van der Waals surface area contributed by atoms with Gasteiger partial charge in [0.25, 0.3) is 11.8 Å². The van der Waals surface area contributed by atoms with E-state index in [1.54, 1.807) is 6.07 Å². The Balaban J connectivity index is 1.97. The molecule has 1 aliphatic carbocycles. The predicted molar refractivity (Wildman–Crippen MR) is 83.9 cm³/mol. The Labute approximate surface area is 131 Å². The van der Waals surface area contributed by atoms with Gasteiger partial charge in [-0.3, -0.25) is 9.59 Å². The lowest BCUT2D eigenvalue weighted by molar-refractivity contribution is 0.100. The maximum atomic E-state index is 13.7. The van der Waals surface area contributed by atoms with Crippen LogP contribution in [0.4, 0.5) is 9.39 Å². The van der Waals surface area contributed by atoms with Gasteiger partial charge in [-0.2, -0.15) is 0 Å². The molecule has 3 N–H and O–H groups in total. The van der Waals surface area contributed by atoms with Crippen LogP contribution in [0.3, 0.4) is 0 Å². The van der Waals surface area contributed by atoms with Crippen molar-refractivity contribution in [2.24, 2.45) is 5.73 Å². The molecule has 0 bridgehead atoms. The molecular weight excluding hydrogens is 303 g/mol. The molecule has 2 aromatic rings. The third-order valence-electron chi connectivity index (χ3n) is 3.91. The molecule has 0 spiro atoms. The van der Waals surface area contributed by atoms with Crippen molar-refractivity contribution in [1.82, 2.24) is 0 Å². The first-order valence-electron chi connectivity index (χ1n) is 7.00. The van der Waals surface area contributed by atoms with E-state index >= 15 is 0 Å². The second-order valence-electron chi connectivity index (χ2n) is 5.38. The lowest BCUT2D eigenvalue weighted by Crippen LogP contribution is -2.18. The lowest BCUT2D eigenvalue weighted by Gasteiger charge is -2.09. The monoisotopic (exact) mass is 318 g/mol. The largest absolute Gasteiger partial charge is 0.365 e. The summed E-state index contributed by atoms with van der Waals surface area (Å²) in [6.07, 6.45) is 1.85. The van der Waals surface area contributed by atoms with Gasteiger partial charge in [0.05, 0.1) is 11.1 Å². The van der Waals surface area contributed by atoms with E-state index in [0.717, 1.165) is 23.3 Å². The van der Waals surface area contributed by atoms with Crippen molar-refractivity contribution < 1.29 is 14.0 Å². The highest BCUT2D eigenvalue weighted by molar-refractivity contribution is 7.17.